The van der Waals surface area contributed by atoms with Gasteiger partial charge in [0.25, 0.3) is 0 Å². The molecule has 2 bridgehead atoms. The molecule has 0 aromatic carbocycles. The number of piperidine rings is 3. The summed E-state index contributed by atoms with van der Waals surface area (Å²) in [5, 5.41) is 6.19. The van der Waals surface area contributed by atoms with Gasteiger partial charge in [-0.15, -0.1) is 0 Å². The van der Waals surface area contributed by atoms with E-state index in [1.165, 1.54) is 0 Å². The minimum atomic E-state index is -0.302. The van der Waals surface area contributed by atoms with Crippen LogP contribution in [0.15, 0.2) is 30.6 Å². The van der Waals surface area contributed by atoms with Crippen LogP contribution in [0, 0.1) is 5.92 Å². The molecule has 2 aromatic heterocycles. The van der Waals surface area contributed by atoms with E-state index in [0.717, 1.165) is 42.5 Å². The molecule has 4 aliphatic heterocycles. The van der Waals surface area contributed by atoms with Crippen molar-refractivity contribution in [3.63, 3.8) is 0 Å². The van der Waals surface area contributed by atoms with Crippen LogP contribution in [-0.2, 0) is 4.74 Å². The van der Waals surface area contributed by atoms with Crippen molar-refractivity contribution >= 4 is 22.4 Å². The van der Waals surface area contributed by atoms with Gasteiger partial charge in [-0.2, -0.15) is 5.10 Å². The highest BCUT2D eigenvalue weighted by atomic mass is 32.1. The number of hydrogen-bond donors (Lipinski definition) is 0. The highest BCUT2D eigenvalue weighted by molar-refractivity contribution is 7.18. The van der Waals surface area contributed by atoms with E-state index in [9.17, 15) is 4.79 Å². The lowest BCUT2D eigenvalue weighted by atomic mass is 9.75. The number of ether oxygens (including phenoxy) is 1. The topological polar surface area (TPSA) is 50.6 Å². The van der Waals surface area contributed by atoms with Crippen LogP contribution in [0.3, 0.4) is 0 Å². The third-order valence-electron chi connectivity index (χ3n) is 5.33. The summed E-state index contributed by atoms with van der Waals surface area (Å²) in [5.41, 5.74) is -0.302. The number of hydrogen-bond acceptors (Lipinski definition) is 5. The van der Waals surface area contributed by atoms with Crippen LogP contribution in [0.4, 0.5) is 9.80 Å². The van der Waals surface area contributed by atoms with Crippen molar-refractivity contribution in [2.75, 3.05) is 31.1 Å². The maximum Gasteiger partial charge on any atom is 0.415 e. The molecule has 4 aliphatic rings. The molecule has 23 heavy (non-hydrogen) atoms. The van der Waals surface area contributed by atoms with Gasteiger partial charge >= 0.3 is 6.09 Å². The fraction of sp³-hybridized carbons (Fsp3) is 0.500. The predicted molar refractivity (Wildman–Crippen MR) is 87.2 cm³/mol. The van der Waals surface area contributed by atoms with E-state index in [0.29, 0.717) is 12.5 Å². The van der Waals surface area contributed by atoms with E-state index in [2.05, 4.69) is 10.00 Å². The SMILES string of the molecule is O=C1O[C@]2(CN3CCC2CC3)CN1c1ccc(-n2cccn2)s1. The fourth-order valence-electron chi connectivity index (χ4n) is 4.17. The Morgan fingerprint density at radius 3 is 2.74 bits per heavy atom. The number of aromatic nitrogens is 2. The molecule has 1 spiro atoms. The third-order valence-corrected chi connectivity index (χ3v) is 6.43. The Morgan fingerprint density at radius 1 is 1.22 bits per heavy atom. The molecule has 7 heteroatoms. The Labute approximate surface area is 138 Å². The van der Waals surface area contributed by atoms with Crippen LogP contribution < -0.4 is 4.90 Å². The monoisotopic (exact) mass is 330 g/mol. The summed E-state index contributed by atoms with van der Waals surface area (Å²) in [7, 11) is 0. The van der Waals surface area contributed by atoms with Gasteiger partial charge in [-0.3, -0.25) is 9.80 Å². The molecule has 0 saturated carbocycles. The molecule has 0 unspecified atom stereocenters. The number of thiophene rings is 1. The first-order valence-electron chi connectivity index (χ1n) is 8.06. The van der Waals surface area contributed by atoms with E-state index < -0.39 is 0 Å². The van der Waals surface area contributed by atoms with Gasteiger partial charge in [-0.25, -0.2) is 9.48 Å². The summed E-state index contributed by atoms with van der Waals surface area (Å²) in [6.07, 6.45) is 5.75. The lowest BCUT2D eigenvalue weighted by molar-refractivity contribution is -0.0881. The summed E-state index contributed by atoms with van der Waals surface area (Å²) in [5.74, 6) is 0.506. The zero-order valence-electron chi connectivity index (χ0n) is 12.7. The number of carbonyl (C=O) groups is 1. The highest BCUT2D eigenvalue weighted by Gasteiger charge is 2.55. The molecule has 0 radical (unpaired) electrons. The number of fused-ring (bicyclic) bond motifs is 2. The van der Waals surface area contributed by atoms with Gasteiger partial charge in [0.05, 0.1) is 6.54 Å². The van der Waals surface area contributed by atoms with Crippen LogP contribution in [0.5, 0.6) is 0 Å². The molecule has 0 aliphatic carbocycles. The molecule has 4 fully saturated rings. The largest absolute Gasteiger partial charge is 0.439 e. The maximum atomic E-state index is 12.5. The number of rotatable bonds is 2. The molecular weight excluding hydrogens is 312 g/mol. The maximum absolute atomic E-state index is 12.5. The van der Waals surface area contributed by atoms with Crippen LogP contribution in [-0.4, -0.2) is 52.6 Å². The highest BCUT2D eigenvalue weighted by Crippen LogP contribution is 2.44. The Kier molecular flexibility index (Phi) is 2.84. The first-order chi connectivity index (χ1) is 11.2. The minimum Gasteiger partial charge on any atom is -0.439 e. The zero-order valence-corrected chi connectivity index (χ0v) is 13.5. The van der Waals surface area contributed by atoms with Crippen molar-refractivity contribution in [2.24, 2.45) is 5.92 Å². The molecule has 4 saturated heterocycles. The second kappa shape index (κ2) is 4.82. The van der Waals surface area contributed by atoms with Crippen molar-refractivity contribution in [3.05, 3.63) is 30.6 Å². The van der Waals surface area contributed by atoms with Crippen molar-refractivity contribution < 1.29 is 9.53 Å². The molecule has 1 amide bonds. The summed E-state index contributed by atoms with van der Waals surface area (Å²) >= 11 is 1.57. The molecule has 6 rings (SSSR count). The average Bonchev–Trinajstić information content (AvgIpc) is 3.28. The summed E-state index contributed by atoms with van der Waals surface area (Å²) in [6.45, 7) is 3.85. The molecule has 0 N–H and O–H groups in total. The van der Waals surface area contributed by atoms with Gasteiger partial charge in [0.15, 0.2) is 0 Å². The van der Waals surface area contributed by atoms with Crippen molar-refractivity contribution in [3.8, 4) is 5.00 Å². The van der Waals surface area contributed by atoms with Crippen LogP contribution in [0.1, 0.15) is 12.8 Å². The first kappa shape index (κ1) is 13.6. The Bertz CT molecular complexity index is 735. The van der Waals surface area contributed by atoms with Crippen LogP contribution >= 0.6 is 11.3 Å². The zero-order chi connectivity index (χ0) is 15.4. The quantitative estimate of drug-likeness (QED) is 0.848. The number of amides is 1. The molecule has 120 valence electrons. The van der Waals surface area contributed by atoms with Gasteiger partial charge in [0, 0.05) is 24.9 Å². The van der Waals surface area contributed by atoms with E-state index in [4.69, 9.17) is 4.74 Å². The predicted octanol–water partition coefficient (Wildman–Crippen LogP) is 2.35. The molecule has 6 nitrogen and oxygen atoms in total. The minimum absolute atomic E-state index is 0.201. The molecule has 6 heterocycles. The lowest BCUT2D eigenvalue weighted by Gasteiger charge is -2.49. The van der Waals surface area contributed by atoms with Crippen LogP contribution in [0.2, 0.25) is 0 Å². The summed E-state index contributed by atoms with van der Waals surface area (Å²) in [4.78, 5) is 16.7. The van der Waals surface area contributed by atoms with E-state index in [-0.39, 0.29) is 11.7 Å². The second-order valence-electron chi connectivity index (χ2n) is 6.63. The van der Waals surface area contributed by atoms with Gasteiger partial charge in [-0.05, 0) is 44.1 Å². The van der Waals surface area contributed by atoms with E-state index >= 15 is 0 Å². The Hall–Kier alpha value is -1.86. The van der Waals surface area contributed by atoms with Gasteiger partial charge in [0.2, 0.25) is 0 Å². The van der Waals surface area contributed by atoms with Gasteiger partial charge in [0.1, 0.15) is 15.6 Å². The first-order valence-corrected chi connectivity index (χ1v) is 8.88. The van der Waals surface area contributed by atoms with Crippen molar-refractivity contribution in [2.45, 2.75) is 18.4 Å². The summed E-state index contributed by atoms with van der Waals surface area (Å²) in [6, 6.07) is 5.89. The Balaban J connectivity index is 1.43. The van der Waals surface area contributed by atoms with Gasteiger partial charge in [-0.1, -0.05) is 11.3 Å². The standard InChI is InChI=1S/C16H18N4O2S/c21-15-19(13-2-3-14(23-13)20-7-1-6-17-20)11-16(22-15)10-18-8-4-12(16)5-9-18/h1-3,6-7,12H,4-5,8-11H2/t16-/m1/s1. The number of carbonyl (C=O) groups excluding carboxylic acids is 1. The normalized spacial score (nSPS) is 32.7. The second-order valence-corrected chi connectivity index (χ2v) is 7.67. The average molecular weight is 330 g/mol. The van der Waals surface area contributed by atoms with Gasteiger partial charge < -0.3 is 4.74 Å². The molecule has 2 aromatic rings. The van der Waals surface area contributed by atoms with E-state index in [1.807, 2.05) is 29.1 Å². The van der Waals surface area contributed by atoms with Crippen LogP contribution in [0.25, 0.3) is 5.00 Å². The fourth-order valence-corrected chi connectivity index (χ4v) is 5.10. The molecule has 1 atom stereocenters. The summed E-state index contributed by atoms with van der Waals surface area (Å²) < 4.78 is 7.74. The van der Waals surface area contributed by atoms with Crippen molar-refractivity contribution in [1.29, 1.82) is 0 Å². The molecular formula is C16H18N4O2S. The third kappa shape index (κ3) is 2.03. The van der Waals surface area contributed by atoms with Crippen molar-refractivity contribution in [1.82, 2.24) is 14.7 Å². The van der Waals surface area contributed by atoms with E-state index in [1.54, 1.807) is 22.4 Å². The number of nitrogens with zero attached hydrogens (tertiary/aromatic N) is 4. The number of anilines is 1. The lowest BCUT2D eigenvalue weighted by Crippen LogP contribution is -2.61. The Morgan fingerprint density at radius 2 is 2.04 bits per heavy atom. The smallest absolute Gasteiger partial charge is 0.415 e.